The zero-order valence-corrected chi connectivity index (χ0v) is 17.6. The second kappa shape index (κ2) is 8.87. The fraction of sp³-hybridized carbons (Fsp3) is 0. The molecule has 2 heterocycles. The SMILES string of the molecule is O=C(Nc1nc(-c2ccccc2[N+](=O)[O-])cs1)Nc1nc(-c2ccccc2[N+](=O)[O-])cs1. The van der Waals surface area contributed by atoms with Crippen LogP contribution in [0, 0.1) is 20.2 Å². The molecule has 0 aliphatic rings. The first kappa shape index (κ1) is 21.0. The van der Waals surface area contributed by atoms with Crippen molar-refractivity contribution < 1.29 is 14.6 Å². The van der Waals surface area contributed by atoms with E-state index in [9.17, 15) is 25.0 Å². The molecule has 0 bridgehead atoms. The van der Waals surface area contributed by atoms with Crippen molar-refractivity contribution in [3.63, 3.8) is 0 Å². The van der Waals surface area contributed by atoms with Crippen molar-refractivity contribution in [2.45, 2.75) is 0 Å². The highest BCUT2D eigenvalue weighted by molar-refractivity contribution is 7.14. The summed E-state index contributed by atoms with van der Waals surface area (Å²) in [7, 11) is 0. The average Bonchev–Trinajstić information content (AvgIpc) is 3.43. The lowest BCUT2D eigenvalue weighted by atomic mass is 10.1. The average molecular weight is 468 g/mol. The highest BCUT2D eigenvalue weighted by atomic mass is 32.1. The van der Waals surface area contributed by atoms with E-state index >= 15 is 0 Å². The first-order valence-corrected chi connectivity index (χ1v) is 10.6. The van der Waals surface area contributed by atoms with Crippen LogP contribution in [0.2, 0.25) is 0 Å². The van der Waals surface area contributed by atoms with E-state index < -0.39 is 15.9 Å². The number of nitro groups is 2. The molecule has 0 saturated heterocycles. The summed E-state index contributed by atoms with van der Waals surface area (Å²) in [4.78, 5) is 42.2. The number of nitrogens with zero attached hydrogens (tertiary/aromatic N) is 4. The second-order valence-electron chi connectivity index (χ2n) is 6.20. The first-order valence-electron chi connectivity index (χ1n) is 8.89. The molecule has 11 nitrogen and oxygen atoms in total. The zero-order chi connectivity index (χ0) is 22.7. The Morgan fingerprint density at radius 3 is 1.56 bits per heavy atom. The number of carbonyl (C=O) groups excluding carboxylic acids is 1. The summed E-state index contributed by atoms with van der Waals surface area (Å²) in [6.45, 7) is 0. The van der Waals surface area contributed by atoms with Gasteiger partial charge in [0.1, 0.15) is 0 Å². The smallest absolute Gasteiger partial charge is 0.283 e. The number of carbonyl (C=O) groups is 1. The maximum absolute atomic E-state index is 12.3. The number of urea groups is 1. The number of para-hydroxylation sites is 2. The standard InChI is InChI=1S/C19H12N6O5S2/c26-17(22-18-20-13(9-31-18)11-5-1-3-7-15(11)24(27)28)23-19-21-14(10-32-19)12-6-2-4-8-16(12)25(29)30/h1-10H,(H2,20,21,22,23,26). The molecule has 0 unspecified atom stereocenters. The first-order chi connectivity index (χ1) is 15.4. The summed E-state index contributed by atoms with van der Waals surface area (Å²) in [5, 5.41) is 31.2. The van der Waals surface area contributed by atoms with Crippen LogP contribution in [0.5, 0.6) is 0 Å². The predicted molar refractivity (Wildman–Crippen MR) is 121 cm³/mol. The van der Waals surface area contributed by atoms with Gasteiger partial charge in [0.2, 0.25) is 0 Å². The van der Waals surface area contributed by atoms with Crippen LogP contribution in [-0.4, -0.2) is 25.8 Å². The van der Waals surface area contributed by atoms with E-state index in [-0.39, 0.29) is 21.6 Å². The lowest BCUT2D eigenvalue weighted by molar-refractivity contribution is -0.384. The van der Waals surface area contributed by atoms with Crippen LogP contribution in [0.1, 0.15) is 0 Å². The third kappa shape index (κ3) is 4.43. The molecule has 2 aromatic carbocycles. The molecular formula is C19H12N6O5S2. The van der Waals surface area contributed by atoms with E-state index in [0.717, 1.165) is 22.7 Å². The van der Waals surface area contributed by atoms with E-state index in [1.165, 1.54) is 12.1 Å². The summed E-state index contributed by atoms with van der Waals surface area (Å²) < 4.78 is 0. The predicted octanol–water partition coefficient (Wildman–Crippen LogP) is 5.39. The van der Waals surface area contributed by atoms with Gasteiger partial charge in [-0.15, -0.1) is 22.7 Å². The summed E-state index contributed by atoms with van der Waals surface area (Å²) in [5.41, 5.74) is 1.25. The maximum atomic E-state index is 12.3. The third-order valence-corrected chi connectivity index (χ3v) is 5.72. The molecule has 4 aromatic rings. The van der Waals surface area contributed by atoms with Crippen LogP contribution in [0.15, 0.2) is 59.3 Å². The Morgan fingerprint density at radius 2 is 1.16 bits per heavy atom. The Bertz CT molecular complexity index is 1240. The normalized spacial score (nSPS) is 10.5. The summed E-state index contributed by atoms with van der Waals surface area (Å²) in [6, 6.07) is 11.8. The molecule has 0 aliphatic carbocycles. The van der Waals surface area contributed by atoms with E-state index in [2.05, 4.69) is 20.6 Å². The van der Waals surface area contributed by atoms with Gasteiger partial charge < -0.3 is 0 Å². The van der Waals surface area contributed by atoms with E-state index in [1.807, 2.05) is 0 Å². The molecule has 2 aromatic heterocycles. The van der Waals surface area contributed by atoms with Gasteiger partial charge in [0.25, 0.3) is 11.4 Å². The van der Waals surface area contributed by atoms with Gasteiger partial charge in [-0.25, -0.2) is 14.8 Å². The van der Waals surface area contributed by atoms with Gasteiger partial charge in [0.15, 0.2) is 10.3 Å². The topological polar surface area (TPSA) is 153 Å². The zero-order valence-electron chi connectivity index (χ0n) is 15.9. The number of rotatable bonds is 6. The Kier molecular flexibility index (Phi) is 5.83. The molecule has 0 radical (unpaired) electrons. The van der Waals surface area contributed by atoms with Crippen LogP contribution in [0.4, 0.5) is 26.4 Å². The van der Waals surface area contributed by atoms with Gasteiger partial charge in [-0.2, -0.15) is 0 Å². The van der Waals surface area contributed by atoms with Crippen LogP contribution < -0.4 is 10.6 Å². The highest BCUT2D eigenvalue weighted by Crippen LogP contribution is 2.33. The molecular weight excluding hydrogens is 456 g/mol. The Balaban J connectivity index is 1.46. The minimum absolute atomic E-state index is 0.0841. The summed E-state index contributed by atoms with van der Waals surface area (Å²) in [6.07, 6.45) is 0. The van der Waals surface area contributed by atoms with Crippen LogP contribution >= 0.6 is 22.7 Å². The summed E-state index contributed by atoms with van der Waals surface area (Å²) in [5.74, 6) is 0. The molecule has 160 valence electrons. The number of aromatic nitrogens is 2. The Morgan fingerprint density at radius 1 is 0.750 bits per heavy atom. The number of anilines is 2. The molecule has 0 saturated carbocycles. The van der Waals surface area contributed by atoms with Crippen molar-refractivity contribution in [3.05, 3.63) is 79.5 Å². The lowest BCUT2D eigenvalue weighted by Gasteiger charge is -2.02. The number of thiazole rings is 2. The van der Waals surface area contributed by atoms with Gasteiger partial charge >= 0.3 is 6.03 Å². The van der Waals surface area contributed by atoms with Crippen molar-refractivity contribution in [2.24, 2.45) is 0 Å². The molecule has 0 aliphatic heterocycles. The van der Waals surface area contributed by atoms with Crippen molar-refractivity contribution in [2.75, 3.05) is 10.6 Å². The fourth-order valence-corrected chi connectivity index (χ4v) is 4.25. The molecule has 2 N–H and O–H groups in total. The van der Waals surface area contributed by atoms with Gasteiger partial charge in [-0.1, -0.05) is 24.3 Å². The van der Waals surface area contributed by atoms with Crippen LogP contribution in [0.3, 0.4) is 0 Å². The lowest BCUT2D eigenvalue weighted by Crippen LogP contribution is -2.19. The highest BCUT2D eigenvalue weighted by Gasteiger charge is 2.19. The fourth-order valence-electron chi connectivity index (χ4n) is 2.83. The van der Waals surface area contributed by atoms with E-state index in [1.54, 1.807) is 47.2 Å². The minimum atomic E-state index is -0.614. The Hall–Kier alpha value is -4.23. The number of amides is 2. The molecule has 2 amide bonds. The van der Waals surface area contributed by atoms with Gasteiger partial charge in [-0.05, 0) is 12.1 Å². The van der Waals surface area contributed by atoms with E-state index in [0.29, 0.717) is 22.5 Å². The monoisotopic (exact) mass is 468 g/mol. The van der Waals surface area contributed by atoms with Gasteiger partial charge in [0, 0.05) is 22.9 Å². The largest absolute Gasteiger partial charge is 0.327 e. The van der Waals surface area contributed by atoms with Crippen LogP contribution in [0.25, 0.3) is 22.5 Å². The Labute approximate surface area is 187 Å². The molecule has 0 fully saturated rings. The maximum Gasteiger partial charge on any atom is 0.327 e. The number of nitrogens with one attached hydrogen (secondary N) is 2. The quantitative estimate of drug-likeness (QED) is 0.284. The van der Waals surface area contributed by atoms with Crippen molar-refractivity contribution in [1.82, 2.24) is 9.97 Å². The van der Waals surface area contributed by atoms with Crippen molar-refractivity contribution in [1.29, 1.82) is 0 Å². The molecule has 4 rings (SSSR count). The van der Waals surface area contributed by atoms with Crippen molar-refractivity contribution >= 4 is 50.3 Å². The third-order valence-electron chi connectivity index (χ3n) is 4.20. The number of hydrogen-bond acceptors (Lipinski definition) is 9. The summed E-state index contributed by atoms with van der Waals surface area (Å²) >= 11 is 2.23. The second-order valence-corrected chi connectivity index (χ2v) is 7.92. The molecule has 13 heteroatoms. The minimum Gasteiger partial charge on any atom is -0.283 e. The number of hydrogen-bond donors (Lipinski definition) is 2. The van der Waals surface area contributed by atoms with Crippen LogP contribution in [-0.2, 0) is 0 Å². The molecule has 0 spiro atoms. The van der Waals surface area contributed by atoms with Crippen molar-refractivity contribution in [3.8, 4) is 22.5 Å². The van der Waals surface area contributed by atoms with Gasteiger partial charge in [0.05, 0.1) is 32.4 Å². The van der Waals surface area contributed by atoms with E-state index in [4.69, 9.17) is 0 Å². The number of benzene rings is 2. The van der Waals surface area contributed by atoms with Gasteiger partial charge in [-0.3, -0.25) is 30.9 Å². The number of nitro benzene ring substituents is 2. The molecule has 0 atom stereocenters. The molecule has 32 heavy (non-hydrogen) atoms.